The summed E-state index contributed by atoms with van der Waals surface area (Å²) in [5.41, 5.74) is 4.41. The van der Waals surface area contributed by atoms with Crippen molar-refractivity contribution in [2.45, 2.75) is 19.4 Å². The van der Waals surface area contributed by atoms with Crippen LogP contribution in [0.25, 0.3) is 0 Å². The highest BCUT2D eigenvalue weighted by Gasteiger charge is 2.25. The lowest BCUT2D eigenvalue weighted by Crippen LogP contribution is -2.45. The number of primary amides is 1. The molecule has 0 aliphatic heterocycles. The summed E-state index contributed by atoms with van der Waals surface area (Å²) in [5.74, 6) is 0.186. The monoisotopic (exact) mass is 257 g/mol. The molecular weight excluding hydrogens is 246 g/mol. The molecule has 0 fully saturated rings. The molecule has 0 unspecified atom stereocenters. The van der Waals surface area contributed by atoms with Crippen LogP contribution >= 0.6 is 15.9 Å². The molecular formula is C9H12BrN3O. The van der Waals surface area contributed by atoms with Crippen LogP contribution in [0.4, 0.5) is 5.82 Å². The van der Waals surface area contributed by atoms with Crippen LogP contribution in [0, 0.1) is 0 Å². The summed E-state index contributed by atoms with van der Waals surface area (Å²) in [6, 6.07) is 3.64. The van der Waals surface area contributed by atoms with Gasteiger partial charge in [-0.05, 0) is 41.9 Å². The molecule has 5 heteroatoms. The molecule has 14 heavy (non-hydrogen) atoms. The van der Waals surface area contributed by atoms with Crippen molar-refractivity contribution in [3.63, 3.8) is 0 Å². The van der Waals surface area contributed by atoms with Gasteiger partial charge in [-0.1, -0.05) is 0 Å². The van der Waals surface area contributed by atoms with E-state index in [4.69, 9.17) is 5.73 Å². The molecule has 0 bridgehead atoms. The van der Waals surface area contributed by atoms with Crippen molar-refractivity contribution in [2.24, 2.45) is 5.73 Å². The Labute approximate surface area is 91.0 Å². The zero-order valence-corrected chi connectivity index (χ0v) is 9.63. The fourth-order valence-corrected chi connectivity index (χ4v) is 1.19. The van der Waals surface area contributed by atoms with Crippen molar-refractivity contribution in [3.05, 3.63) is 22.8 Å². The molecule has 0 aliphatic rings. The Bertz CT molecular complexity index is 352. The molecule has 0 radical (unpaired) electrons. The zero-order valence-electron chi connectivity index (χ0n) is 8.04. The minimum absolute atomic E-state index is 0.421. The van der Waals surface area contributed by atoms with Gasteiger partial charge in [0.1, 0.15) is 11.4 Å². The van der Waals surface area contributed by atoms with E-state index >= 15 is 0 Å². The average molecular weight is 258 g/mol. The first kappa shape index (κ1) is 11.0. The molecule has 1 aromatic rings. The Kier molecular flexibility index (Phi) is 3.10. The first-order valence-corrected chi connectivity index (χ1v) is 4.91. The topological polar surface area (TPSA) is 68.0 Å². The quantitative estimate of drug-likeness (QED) is 0.863. The number of nitrogens with two attached hydrogens (primary N) is 1. The number of rotatable bonds is 3. The van der Waals surface area contributed by atoms with Crippen LogP contribution in [-0.4, -0.2) is 16.4 Å². The molecule has 0 aromatic carbocycles. The molecule has 1 rings (SSSR count). The van der Waals surface area contributed by atoms with Crippen LogP contribution in [0.2, 0.25) is 0 Å². The van der Waals surface area contributed by atoms with E-state index in [1.54, 1.807) is 26.1 Å². The smallest absolute Gasteiger partial charge is 0.242 e. The Morgan fingerprint density at radius 2 is 2.29 bits per heavy atom. The summed E-state index contributed by atoms with van der Waals surface area (Å²) < 4.78 is 0.800. The van der Waals surface area contributed by atoms with E-state index in [2.05, 4.69) is 26.2 Å². The van der Waals surface area contributed by atoms with Crippen molar-refractivity contribution in [1.29, 1.82) is 0 Å². The van der Waals surface area contributed by atoms with Crippen LogP contribution in [0.1, 0.15) is 13.8 Å². The van der Waals surface area contributed by atoms with E-state index in [-0.39, 0.29) is 0 Å². The summed E-state index contributed by atoms with van der Waals surface area (Å²) >= 11 is 3.32. The van der Waals surface area contributed by atoms with Gasteiger partial charge < -0.3 is 11.1 Å². The van der Waals surface area contributed by atoms with Crippen LogP contribution in [0.3, 0.4) is 0 Å². The number of pyridine rings is 1. The number of nitrogens with zero attached hydrogens (tertiary/aromatic N) is 1. The van der Waals surface area contributed by atoms with Gasteiger partial charge in [-0.25, -0.2) is 4.98 Å². The van der Waals surface area contributed by atoms with Crippen molar-refractivity contribution in [2.75, 3.05) is 5.32 Å². The molecule has 0 atom stereocenters. The van der Waals surface area contributed by atoms with E-state index in [0.717, 1.165) is 4.47 Å². The third kappa shape index (κ3) is 2.45. The number of carbonyl (C=O) groups excluding carboxylic acids is 1. The summed E-state index contributed by atoms with van der Waals surface area (Å²) in [5, 5.41) is 2.95. The minimum atomic E-state index is -0.809. The lowest BCUT2D eigenvalue weighted by Gasteiger charge is -2.23. The largest absolute Gasteiger partial charge is 0.368 e. The summed E-state index contributed by atoms with van der Waals surface area (Å²) in [6.45, 7) is 3.41. The van der Waals surface area contributed by atoms with E-state index in [1.807, 2.05) is 6.07 Å². The zero-order chi connectivity index (χ0) is 10.8. The van der Waals surface area contributed by atoms with Crippen LogP contribution < -0.4 is 11.1 Å². The lowest BCUT2D eigenvalue weighted by molar-refractivity contribution is -0.121. The van der Waals surface area contributed by atoms with Gasteiger partial charge in [-0.2, -0.15) is 0 Å². The highest BCUT2D eigenvalue weighted by Crippen LogP contribution is 2.21. The second-order valence-electron chi connectivity index (χ2n) is 3.45. The number of hydrogen-bond acceptors (Lipinski definition) is 3. The van der Waals surface area contributed by atoms with Crippen LogP contribution in [-0.2, 0) is 4.79 Å². The maximum Gasteiger partial charge on any atom is 0.242 e. The Morgan fingerprint density at radius 3 is 2.79 bits per heavy atom. The number of carbonyl (C=O) groups is 1. The van der Waals surface area contributed by atoms with E-state index in [0.29, 0.717) is 5.82 Å². The predicted octanol–water partition coefficient (Wildman–Crippen LogP) is 1.52. The minimum Gasteiger partial charge on any atom is -0.368 e. The third-order valence-corrected chi connectivity index (χ3v) is 2.45. The molecule has 1 heterocycles. The summed E-state index contributed by atoms with van der Waals surface area (Å²) in [6.07, 6.45) is 1.64. The normalized spacial score (nSPS) is 11.1. The molecule has 0 spiro atoms. The lowest BCUT2D eigenvalue weighted by atomic mass is 10.1. The third-order valence-electron chi connectivity index (χ3n) is 1.81. The van der Waals surface area contributed by atoms with Gasteiger partial charge in [0.15, 0.2) is 0 Å². The Hall–Kier alpha value is -1.10. The van der Waals surface area contributed by atoms with Gasteiger partial charge in [0.25, 0.3) is 0 Å². The van der Waals surface area contributed by atoms with E-state index in [9.17, 15) is 4.79 Å². The van der Waals surface area contributed by atoms with Gasteiger partial charge in [-0.15, -0.1) is 0 Å². The molecule has 1 aromatic heterocycles. The second kappa shape index (κ2) is 3.96. The highest BCUT2D eigenvalue weighted by atomic mass is 79.9. The maximum absolute atomic E-state index is 11.1. The first-order chi connectivity index (χ1) is 6.43. The van der Waals surface area contributed by atoms with Gasteiger partial charge in [-0.3, -0.25) is 4.79 Å². The number of aromatic nitrogens is 1. The molecule has 0 saturated carbocycles. The van der Waals surface area contributed by atoms with Gasteiger partial charge >= 0.3 is 0 Å². The molecule has 76 valence electrons. The molecule has 1 amide bonds. The Balaban J connectivity index is 2.89. The van der Waals surface area contributed by atoms with Gasteiger partial charge in [0, 0.05) is 6.20 Å². The summed E-state index contributed by atoms with van der Waals surface area (Å²) in [4.78, 5) is 15.1. The highest BCUT2D eigenvalue weighted by molar-refractivity contribution is 9.10. The summed E-state index contributed by atoms with van der Waals surface area (Å²) in [7, 11) is 0. The van der Waals surface area contributed by atoms with Crippen LogP contribution in [0.15, 0.2) is 22.8 Å². The second-order valence-corrected chi connectivity index (χ2v) is 4.30. The SMILES string of the molecule is CC(C)(Nc1ncccc1Br)C(N)=O. The first-order valence-electron chi connectivity index (χ1n) is 4.12. The number of halogens is 1. The van der Waals surface area contributed by atoms with Crippen molar-refractivity contribution in [3.8, 4) is 0 Å². The fraction of sp³-hybridized carbons (Fsp3) is 0.333. The van der Waals surface area contributed by atoms with Gasteiger partial charge in [0.2, 0.25) is 5.91 Å². The molecule has 0 aliphatic carbocycles. The van der Waals surface area contributed by atoms with Crippen molar-refractivity contribution < 1.29 is 4.79 Å². The van der Waals surface area contributed by atoms with E-state index < -0.39 is 11.4 Å². The maximum atomic E-state index is 11.1. The van der Waals surface area contributed by atoms with Crippen molar-refractivity contribution >= 4 is 27.7 Å². The average Bonchev–Trinajstić information content (AvgIpc) is 2.08. The molecule has 4 nitrogen and oxygen atoms in total. The molecule has 3 N–H and O–H groups in total. The Morgan fingerprint density at radius 1 is 1.64 bits per heavy atom. The number of nitrogens with one attached hydrogen (secondary N) is 1. The number of hydrogen-bond donors (Lipinski definition) is 2. The number of amides is 1. The van der Waals surface area contributed by atoms with E-state index in [1.165, 1.54) is 0 Å². The van der Waals surface area contributed by atoms with Gasteiger partial charge in [0.05, 0.1) is 4.47 Å². The van der Waals surface area contributed by atoms with Crippen LogP contribution in [0.5, 0.6) is 0 Å². The standard InChI is InChI=1S/C9H12BrN3O/c1-9(2,8(11)14)13-7-6(10)4-3-5-12-7/h3-5H,1-2H3,(H2,11,14)(H,12,13). The molecule has 0 saturated heterocycles. The predicted molar refractivity (Wildman–Crippen MR) is 58.8 cm³/mol. The van der Waals surface area contributed by atoms with Crippen molar-refractivity contribution in [1.82, 2.24) is 4.98 Å². The number of anilines is 1. The fourth-order valence-electron chi connectivity index (χ4n) is 0.835.